The van der Waals surface area contributed by atoms with E-state index >= 15 is 0 Å². The molecular formula is C11H15NO3S2. The smallest absolute Gasteiger partial charge is 0.308 e. The Labute approximate surface area is 108 Å². The van der Waals surface area contributed by atoms with Crippen molar-refractivity contribution in [3.63, 3.8) is 0 Å². The lowest BCUT2D eigenvalue weighted by molar-refractivity contribution is -0.136. The van der Waals surface area contributed by atoms with Gasteiger partial charge in [-0.25, -0.2) is 4.98 Å². The molecule has 2 rings (SSSR count). The van der Waals surface area contributed by atoms with Gasteiger partial charge in [-0.05, 0) is 19.8 Å². The number of thiazole rings is 1. The molecule has 0 aromatic carbocycles. The number of carboxylic acids is 1. The summed E-state index contributed by atoms with van der Waals surface area (Å²) in [6, 6.07) is 0. The molecule has 1 N–H and O–H groups in total. The van der Waals surface area contributed by atoms with E-state index in [9.17, 15) is 4.79 Å². The van der Waals surface area contributed by atoms with Crippen molar-refractivity contribution in [1.82, 2.24) is 4.98 Å². The van der Waals surface area contributed by atoms with Crippen molar-refractivity contribution in [2.75, 3.05) is 12.4 Å². The fourth-order valence-corrected chi connectivity index (χ4v) is 4.02. The fourth-order valence-electron chi connectivity index (χ4n) is 1.70. The van der Waals surface area contributed by atoms with Crippen LogP contribution >= 0.6 is 23.1 Å². The van der Waals surface area contributed by atoms with E-state index in [1.165, 1.54) is 11.3 Å². The number of nitrogens with zero attached hydrogens (tertiary/aromatic N) is 1. The lowest BCUT2D eigenvalue weighted by Crippen LogP contribution is -2.07. The summed E-state index contributed by atoms with van der Waals surface area (Å²) in [7, 11) is 0. The third kappa shape index (κ3) is 3.69. The Morgan fingerprint density at radius 3 is 3.18 bits per heavy atom. The maximum absolute atomic E-state index is 10.6. The first kappa shape index (κ1) is 12.9. The maximum atomic E-state index is 10.6. The Kier molecular flexibility index (Phi) is 4.42. The highest BCUT2D eigenvalue weighted by Crippen LogP contribution is 2.29. The zero-order chi connectivity index (χ0) is 12.3. The third-order valence-corrected chi connectivity index (χ3v) is 5.03. The van der Waals surface area contributed by atoms with Crippen LogP contribution in [0.3, 0.4) is 0 Å². The first-order valence-electron chi connectivity index (χ1n) is 5.57. The Morgan fingerprint density at radius 2 is 2.53 bits per heavy atom. The predicted molar refractivity (Wildman–Crippen MR) is 67.9 cm³/mol. The number of carbonyl (C=O) groups is 1. The quantitative estimate of drug-likeness (QED) is 0.834. The van der Waals surface area contributed by atoms with Gasteiger partial charge >= 0.3 is 5.97 Å². The summed E-state index contributed by atoms with van der Waals surface area (Å²) >= 11 is 3.16. The average molecular weight is 273 g/mol. The number of aromatic nitrogens is 1. The van der Waals surface area contributed by atoms with Gasteiger partial charge in [0, 0.05) is 17.2 Å². The van der Waals surface area contributed by atoms with Crippen LogP contribution in [-0.4, -0.2) is 34.5 Å². The molecule has 17 heavy (non-hydrogen) atoms. The molecule has 0 aliphatic carbocycles. The third-order valence-electron chi connectivity index (χ3n) is 2.60. The molecule has 0 radical (unpaired) electrons. The van der Waals surface area contributed by atoms with Gasteiger partial charge in [-0.15, -0.1) is 11.3 Å². The lowest BCUT2D eigenvalue weighted by Gasteiger charge is -2.05. The summed E-state index contributed by atoms with van der Waals surface area (Å²) in [6.45, 7) is 2.73. The van der Waals surface area contributed by atoms with Gasteiger partial charge in [-0.3, -0.25) is 4.79 Å². The lowest BCUT2D eigenvalue weighted by atomic mass is 10.3. The number of hydrogen-bond acceptors (Lipinski definition) is 5. The van der Waals surface area contributed by atoms with Gasteiger partial charge in [0.15, 0.2) is 0 Å². The van der Waals surface area contributed by atoms with Crippen LogP contribution in [0, 0.1) is 6.92 Å². The van der Waals surface area contributed by atoms with Crippen molar-refractivity contribution in [3.05, 3.63) is 10.6 Å². The van der Waals surface area contributed by atoms with Crippen molar-refractivity contribution >= 4 is 29.1 Å². The van der Waals surface area contributed by atoms with Gasteiger partial charge in [0.2, 0.25) is 0 Å². The van der Waals surface area contributed by atoms with E-state index in [2.05, 4.69) is 4.98 Å². The van der Waals surface area contributed by atoms with E-state index in [0.717, 1.165) is 40.1 Å². The number of carboxylic acid groups (broad SMARTS) is 1. The van der Waals surface area contributed by atoms with Gasteiger partial charge in [-0.2, -0.15) is 0 Å². The molecule has 0 amide bonds. The summed E-state index contributed by atoms with van der Waals surface area (Å²) < 4.78 is 6.49. The molecule has 94 valence electrons. The largest absolute Gasteiger partial charge is 0.481 e. The summed E-state index contributed by atoms with van der Waals surface area (Å²) in [6.07, 6.45) is 2.68. The van der Waals surface area contributed by atoms with E-state index in [0.29, 0.717) is 6.10 Å². The molecule has 0 spiro atoms. The highest BCUT2D eigenvalue weighted by Gasteiger charge is 2.17. The van der Waals surface area contributed by atoms with E-state index in [-0.39, 0.29) is 6.42 Å². The highest BCUT2D eigenvalue weighted by molar-refractivity contribution is 8.01. The van der Waals surface area contributed by atoms with Crippen LogP contribution in [-0.2, 0) is 16.0 Å². The van der Waals surface area contributed by atoms with Crippen LogP contribution in [0.5, 0.6) is 0 Å². The van der Waals surface area contributed by atoms with Gasteiger partial charge in [0.1, 0.15) is 4.34 Å². The first-order valence-corrected chi connectivity index (χ1v) is 7.38. The van der Waals surface area contributed by atoms with Crippen molar-refractivity contribution in [3.8, 4) is 0 Å². The monoisotopic (exact) mass is 273 g/mol. The summed E-state index contributed by atoms with van der Waals surface area (Å²) in [5.74, 6) is 0.117. The van der Waals surface area contributed by atoms with E-state index in [1.54, 1.807) is 11.8 Å². The second kappa shape index (κ2) is 5.84. The zero-order valence-corrected chi connectivity index (χ0v) is 11.3. The van der Waals surface area contributed by atoms with E-state index in [4.69, 9.17) is 9.84 Å². The molecule has 1 aliphatic rings. The minimum absolute atomic E-state index is 0.0734. The number of thioether (sulfide) groups is 1. The Hall–Kier alpha value is -0.590. The van der Waals surface area contributed by atoms with Crippen LogP contribution in [0.15, 0.2) is 4.34 Å². The zero-order valence-electron chi connectivity index (χ0n) is 9.64. The molecule has 2 heterocycles. The van der Waals surface area contributed by atoms with Crippen LogP contribution in [0.4, 0.5) is 0 Å². The van der Waals surface area contributed by atoms with Crippen LogP contribution in [0.25, 0.3) is 0 Å². The van der Waals surface area contributed by atoms with Gasteiger partial charge in [-0.1, -0.05) is 11.8 Å². The number of rotatable bonds is 5. The number of hydrogen-bond donors (Lipinski definition) is 1. The van der Waals surface area contributed by atoms with Crippen molar-refractivity contribution in [2.45, 2.75) is 36.6 Å². The molecule has 1 fully saturated rings. The van der Waals surface area contributed by atoms with Crippen LogP contribution < -0.4 is 0 Å². The molecule has 1 atom stereocenters. The summed E-state index contributed by atoms with van der Waals surface area (Å²) in [5, 5.41) is 8.76. The van der Waals surface area contributed by atoms with E-state index in [1.807, 2.05) is 6.92 Å². The van der Waals surface area contributed by atoms with E-state index < -0.39 is 5.97 Å². The number of aliphatic carboxylic acids is 1. The van der Waals surface area contributed by atoms with Crippen molar-refractivity contribution < 1.29 is 14.6 Å². The topological polar surface area (TPSA) is 59.4 Å². The minimum Gasteiger partial charge on any atom is -0.481 e. The molecule has 0 bridgehead atoms. The molecular weight excluding hydrogens is 258 g/mol. The molecule has 0 saturated carbocycles. The minimum atomic E-state index is -0.799. The van der Waals surface area contributed by atoms with Crippen molar-refractivity contribution in [2.24, 2.45) is 0 Å². The van der Waals surface area contributed by atoms with Crippen LogP contribution in [0.1, 0.15) is 23.4 Å². The molecule has 1 saturated heterocycles. The second-order valence-corrected chi connectivity index (χ2v) is 6.36. The summed E-state index contributed by atoms with van der Waals surface area (Å²) in [5.41, 5.74) is 0.840. The fraction of sp³-hybridized carbons (Fsp3) is 0.636. The Balaban J connectivity index is 1.90. The standard InChI is InChI=1S/C11H15NO3S2/c1-7-9(5-10(13)14)17-11(12-7)16-6-8-3-2-4-15-8/h8H,2-6H2,1H3,(H,13,14). The molecule has 1 aromatic heterocycles. The summed E-state index contributed by atoms with van der Waals surface area (Å²) in [4.78, 5) is 15.9. The van der Waals surface area contributed by atoms with Gasteiger partial charge in [0.05, 0.1) is 18.2 Å². The molecule has 1 aromatic rings. The molecule has 1 unspecified atom stereocenters. The number of aryl methyl sites for hydroxylation is 1. The predicted octanol–water partition coefficient (Wildman–Crippen LogP) is 2.35. The van der Waals surface area contributed by atoms with Crippen LogP contribution in [0.2, 0.25) is 0 Å². The SMILES string of the molecule is Cc1nc(SCC2CCCO2)sc1CC(=O)O. The molecule has 6 heteroatoms. The van der Waals surface area contributed by atoms with Gasteiger partial charge < -0.3 is 9.84 Å². The number of ether oxygens (including phenoxy) is 1. The highest BCUT2D eigenvalue weighted by atomic mass is 32.2. The Bertz CT molecular complexity index is 399. The molecule has 4 nitrogen and oxygen atoms in total. The van der Waals surface area contributed by atoms with Crippen molar-refractivity contribution in [1.29, 1.82) is 0 Å². The molecule has 1 aliphatic heterocycles. The Morgan fingerprint density at radius 1 is 1.71 bits per heavy atom. The van der Waals surface area contributed by atoms with Gasteiger partial charge in [0.25, 0.3) is 0 Å². The maximum Gasteiger partial charge on any atom is 0.308 e. The average Bonchev–Trinajstić information content (AvgIpc) is 2.86. The first-order chi connectivity index (χ1) is 8.15. The normalized spacial score (nSPS) is 19.7. The second-order valence-electron chi connectivity index (χ2n) is 4.00.